The second kappa shape index (κ2) is 5.37. The number of nitrogens with zero attached hydrogens (tertiary/aromatic N) is 1. The van der Waals surface area contributed by atoms with Crippen molar-refractivity contribution >= 4 is 27.6 Å². The molecule has 0 amide bonds. The molecule has 2 unspecified atom stereocenters. The zero-order valence-corrected chi connectivity index (χ0v) is 12.9. The van der Waals surface area contributed by atoms with Crippen LogP contribution in [0, 0.1) is 0 Å². The first-order chi connectivity index (χ1) is 9.59. The van der Waals surface area contributed by atoms with E-state index in [4.69, 9.17) is 0 Å². The molecule has 2 aliphatic rings. The number of hydrogen-bond acceptors (Lipinski definition) is 3. The Bertz CT molecular complexity index is 505. The summed E-state index contributed by atoms with van der Waals surface area (Å²) in [5.74, 6) is -0.730. The lowest BCUT2D eigenvalue weighted by atomic mass is 9.83. The van der Waals surface area contributed by atoms with Crippen molar-refractivity contribution in [1.29, 1.82) is 0 Å². The number of piperidine rings is 1. The molecule has 108 valence electrons. The largest absolute Gasteiger partial charge is 0.480 e. The van der Waals surface area contributed by atoms with Crippen molar-refractivity contribution in [3.63, 3.8) is 0 Å². The van der Waals surface area contributed by atoms with Crippen molar-refractivity contribution in [3.05, 3.63) is 28.7 Å². The molecule has 5 heteroatoms. The van der Waals surface area contributed by atoms with Gasteiger partial charge >= 0.3 is 5.97 Å². The molecule has 0 aromatic heterocycles. The predicted molar refractivity (Wildman–Crippen MR) is 82.0 cm³/mol. The molecule has 2 N–H and O–H groups in total. The molecule has 1 aromatic carbocycles. The van der Waals surface area contributed by atoms with E-state index in [9.17, 15) is 9.90 Å². The second-order valence-electron chi connectivity index (χ2n) is 5.81. The van der Waals surface area contributed by atoms with Crippen molar-refractivity contribution in [2.24, 2.45) is 0 Å². The summed E-state index contributed by atoms with van der Waals surface area (Å²) in [5.41, 5.74) is 0.0568. The normalized spacial score (nSPS) is 29.9. The third kappa shape index (κ3) is 2.56. The number of fused-ring (bicyclic) bond motifs is 1. The fraction of sp³-hybridized carbons (Fsp3) is 0.533. The van der Waals surface area contributed by atoms with Crippen molar-refractivity contribution < 1.29 is 9.90 Å². The quantitative estimate of drug-likeness (QED) is 0.889. The summed E-state index contributed by atoms with van der Waals surface area (Å²) >= 11 is 3.40. The smallest absolute Gasteiger partial charge is 0.329 e. The Balaban J connectivity index is 1.81. The van der Waals surface area contributed by atoms with E-state index in [0.29, 0.717) is 18.9 Å². The first-order valence-corrected chi connectivity index (χ1v) is 7.90. The number of aliphatic carboxylic acids is 1. The Labute approximate surface area is 127 Å². The number of halogens is 1. The van der Waals surface area contributed by atoms with Crippen LogP contribution in [0.4, 0.5) is 5.69 Å². The van der Waals surface area contributed by atoms with Gasteiger partial charge in [0.25, 0.3) is 0 Å². The number of carboxylic acid groups (broad SMARTS) is 1. The molecule has 0 spiro atoms. The predicted octanol–water partition coefficient (Wildman–Crippen LogP) is 2.94. The molecular weight excluding hydrogens is 320 g/mol. The van der Waals surface area contributed by atoms with E-state index in [2.05, 4.69) is 26.1 Å². The summed E-state index contributed by atoms with van der Waals surface area (Å²) in [6, 6.07) is 8.14. The van der Waals surface area contributed by atoms with Crippen molar-refractivity contribution in [3.8, 4) is 0 Å². The Morgan fingerprint density at radius 1 is 1.35 bits per heavy atom. The number of anilines is 1. The standard InChI is InChI=1S/C15H19BrN2O2/c16-11-3-5-12(6-4-11)17-15(14(19)20)7-9-18-8-1-2-13(18)10-15/h3-6,13,17H,1-2,7-10H2,(H,19,20). The monoisotopic (exact) mass is 338 g/mol. The van der Waals surface area contributed by atoms with Crippen molar-refractivity contribution in [2.75, 3.05) is 18.4 Å². The van der Waals surface area contributed by atoms with Crippen LogP contribution in [0.25, 0.3) is 0 Å². The summed E-state index contributed by atoms with van der Waals surface area (Å²) in [7, 11) is 0. The van der Waals surface area contributed by atoms with E-state index in [-0.39, 0.29) is 0 Å². The average molecular weight is 339 g/mol. The third-order valence-electron chi connectivity index (χ3n) is 4.55. The number of benzene rings is 1. The Morgan fingerprint density at radius 3 is 2.80 bits per heavy atom. The van der Waals surface area contributed by atoms with E-state index in [1.165, 1.54) is 6.42 Å². The van der Waals surface area contributed by atoms with Gasteiger partial charge in [0.05, 0.1) is 0 Å². The average Bonchev–Trinajstić information content (AvgIpc) is 2.88. The number of nitrogens with one attached hydrogen (secondary N) is 1. The molecule has 2 saturated heterocycles. The van der Waals surface area contributed by atoms with Gasteiger partial charge in [0.1, 0.15) is 5.54 Å². The van der Waals surface area contributed by atoms with Gasteiger partial charge in [-0.3, -0.25) is 0 Å². The number of carboxylic acids is 1. The molecule has 0 bridgehead atoms. The minimum atomic E-state index is -0.820. The van der Waals surface area contributed by atoms with Crippen LogP contribution in [0.15, 0.2) is 28.7 Å². The summed E-state index contributed by atoms with van der Waals surface area (Å²) in [6.07, 6.45) is 3.67. The van der Waals surface area contributed by atoms with Crippen LogP contribution in [0.2, 0.25) is 0 Å². The fourth-order valence-electron chi connectivity index (χ4n) is 3.43. The van der Waals surface area contributed by atoms with E-state index in [1.54, 1.807) is 0 Å². The summed E-state index contributed by atoms with van der Waals surface area (Å²) in [4.78, 5) is 14.3. The topological polar surface area (TPSA) is 52.6 Å². The van der Waals surface area contributed by atoms with E-state index >= 15 is 0 Å². The SMILES string of the molecule is O=C(O)C1(Nc2ccc(Br)cc2)CCN2CCCC2C1. The third-order valence-corrected chi connectivity index (χ3v) is 5.07. The van der Waals surface area contributed by atoms with Gasteiger partial charge in [-0.1, -0.05) is 15.9 Å². The maximum Gasteiger partial charge on any atom is 0.329 e. The number of hydrogen-bond donors (Lipinski definition) is 2. The van der Waals surface area contributed by atoms with Crippen LogP contribution in [0.3, 0.4) is 0 Å². The Morgan fingerprint density at radius 2 is 2.10 bits per heavy atom. The van der Waals surface area contributed by atoms with Gasteiger partial charge in [-0.05, 0) is 56.5 Å². The molecule has 2 aliphatic heterocycles. The molecule has 4 nitrogen and oxygen atoms in total. The molecule has 3 rings (SSSR count). The van der Waals surface area contributed by atoms with E-state index < -0.39 is 11.5 Å². The highest BCUT2D eigenvalue weighted by molar-refractivity contribution is 9.10. The first-order valence-electron chi connectivity index (χ1n) is 7.10. The zero-order valence-electron chi connectivity index (χ0n) is 11.3. The number of carbonyl (C=O) groups is 1. The second-order valence-corrected chi connectivity index (χ2v) is 6.72. The van der Waals surface area contributed by atoms with Crippen LogP contribution < -0.4 is 5.32 Å². The molecule has 0 aliphatic carbocycles. The van der Waals surface area contributed by atoms with Crippen molar-refractivity contribution in [1.82, 2.24) is 4.90 Å². The van der Waals surface area contributed by atoms with Crippen LogP contribution in [-0.4, -0.2) is 40.6 Å². The summed E-state index contributed by atoms with van der Waals surface area (Å²) < 4.78 is 0.998. The molecule has 2 atom stereocenters. The lowest BCUT2D eigenvalue weighted by Crippen LogP contribution is -2.56. The summed E-state index contributed by atoms with van der Waals surface area (Å²) in [6.45, 7) is 2.00. The Hall–Kier alpha value is -1.07. The highest BCUT2D eigenvalue weighted by Gasteiger charge is 2.46. The van der Waals surface area contributed by atoms with Crippen LogP contribution >= 0.6 is 15.9 Å². The van der Waals surface area contributed by atoms with Gasteiger partial charge in [-0.25, -0.2) is 4.79 Å². The molecule has 2 heterocycles. The maximum absolute atomic E-state index is 11.8. The molecule has 2 fully saturated rings. The molecule has 0 saturated carbocycles. The minimum Gasteiger partial charge on any atom is -0.480 e. The molecule has 20 heavy (non-hydrogen) atoms. The minimum absolute atomic E-state index is 0.419. The molecule has 0 radical (unpaired) electrons. The molecular formula is C15H19BrN2O2. The number of rotatable bonds is 3. The van der Waals surface area contributed by atoms with Gasteiger partial charge in [-0.2, -0.15) is 0 Å². The fourth-order valence-corrected chi connectivity index (χ4v) is 3.69. The first kappa shape index (κ1) is 13.9. The Kier molecular flexibility index (Phi) is 3.73. The van der Waals surface area contributed by atoms with Gasteiger partial charge in [-0.15, -0.1) is 0 Å². The lowest BCUT2D eigenvalue weighted by molar-refractivity contribution is -0.144. The summed E-state index contributed by atoms with van der Waals surface area (Å²) in [5, 5.41) is 13.0. The van der Waals surface area contributed by atoms with Crippen LogP contribution in [-0.2, 0) is 4.79 Å². The van der Waals surface area contributed by atoms with Crippen molar-refractivity contribution in [2.45, 2.75) is 37.3 Å². The zero-order chi connectivity index (χ0) is 14.2. The van der Waals surface area contributed by atoms with Gasteiger partial charge < -0.3 is 15.3 Å². The van der Waals surface area contributed by atoms with E-state index in [1.807, 2.05) is 24.3 Å². The highest BCUT2D eigenvalue weighted by atomic mass is 79.9. The highest BCUT2D eigenvalue weighted by Crippen LogP contribution is 2.35. The molecule has 1 aromatic rings. The van der Waals surface area contributed by atoms with Gasteiger partial charge in [0, 0.05) is 22.7 Å². The van der Waals surface area contributed by atoms with Gasteiger partial charge in [0.15, 0.2) is 0 Å². The van der Waals surface area contributed by atoms with Crippen LogP contribution in [0.1, 0.15) is 25.7 Å². The van der Waals surface area contributed by atoms with Gasteiger partial charge in [0.2, 0.25) is 0 Å². The van der Waals surface area contributed by atoms with E-state index in [0.717, 1.165) is 29.7 Å². The van der Waals surface area contributed by atoms with Crippen LogP contribution in [0.5, 0.6) is 0 Å². The maximum atomic E-state index is 11.8. The lowest BCUT2D eigenvalue weighted by Gasteiger charge is -2.42.